The van der Waals surface area contributed by atoms with Gasteiger partial charge in [0.25, 0.3) is 11.5 Å². The Bertz CT molecular complexity index is 518. The fourth-order valence-electron chi connectivity index (χ4n) is 2.76. The van der Waals surface area contributed by atoms with Crippen molar-refractivity contribution >= 4 is 5.91 Å². The lowest BCUT2D eigenvalue weighted by Gasteiger charge is -2.21. The van der Waals surface area contributed by atoms with E-state index in [-0.39, 0.29) is 11.5 Å². The molecule has 1 aliphatic carbocycles. The van der Waals surface area contributed by atoms with E-state index in [1.54, 1.807) is 0 Å². The lowest BCUT2D eigenvalue weighted by molar-refractivity contribution is 0.0936. The number of nitrogens with one attached hydrogen (secondary N) is 1. The van der Waals surface area contributed by atoms with Crippen molar-refractivity contribution in [2.45, 2.75) is 58.4 Å². The van der Waals surface area contributed by atoms with Crippen molar-refractivity contribution in [1.82, 2.24) is 15.1 Å². The van der Waals surface area contributed by atoms with Gasteiger partial charge in [-0.05, 0) is 31.2 Å². The van der Waals surface area contributed by atoms with Gasteiger partial charge in [-0.2, -0.15) is 5.10 Å². The smallest absolute Gasteiger partial charge is 0.271 e. The lowest BCUT2D eigenvalue weighted by atomic mass is 9.89. The Labute approximate surface area is 125 Å². The molecule has 116 valence electrons. The second kappa shape index (κ2) is 7.96. The van der Waals surface area contributed by atoms with E-state index in [2.05, 4.69) is 17.3 Å². The minimum absolute atomic E-state index is 0.146. The molecule has 0 saturated heterocycles. The standard InChI is InChI=1S/C16H25N3O2/c1-2-3-11-19-15(20)10-9-14(18-19)16(21)17-12-13-7-5-4-6-8-13/h9-10,13H,2-8,11-12H2,1H3,(H,17,21). The zero-order chi connectivity index (χ0) is 15.1. The minimum Gasteiger partial charge on any atom is -0.350 e. The predicted octanol–water partition coefficient (Wildman–Crippen LogP) is 2.35. The zero-order valence-electron chi connectivity index (χ0n) is 12.8. The normalized spacial score (nSPS) is 15.9. The summed E-state index contributed by atoms with van der Waals surface area (Å²) >= 11 is 0. The van der Waals surface area contributed by atoms with E-state index in [1.165, 1.54) is 48.9 Å². The SMILES string of the molecule is CCCCn1nc(C(=O)NCC2CCCCC2)ccc1=O. The van der Waals surface area contributed by atoms with Crippen molar-refractivity contribution in [2.24, 2.45) is 5.92 Å². The second-order valence-electron chi connectivity index (χ2n) is 5.85. The van der Waals surface area contributed by atoms with Crippen LogP contribution in [0.15, 0.2) is 16.9 Å². The summed E-state index contributed by atoms with van der Waals surface area (Å²) < 4.78 is 1.39. The maximum atomic E-state index is 12.1. The second-order valence-corrected chi connectivity index (χ2v) is 5.85. The first-order valence-corrected chi connectivity index (χ1v) is 8.07. The maximum absolute atomic E-state index is 12.1. The van der Waals surface area contributed by atoms with Crippen LogP contribution in [-0.2, 0) is 6.54 Å². The number of aromatic nitrogens is 2. The molecule has 1 saturated carbocycles. The number of hydrogen-bond donors (Lipinski definition) is 1. The van der Waals surface area contributed by atoms with Gasteiger partial charge in [0.05, 0.1) is 0 Å². The van der Waals surface area contributed by atoms with Crippen LogP contribution in [0.4, 0.5) is 0 Å². The summed E-state index contributed by atoms with van der Waals surface area (Å²) in [7, 11) is 0. The summed E-state index contributed by atoms with van der Waals surface area (Å²) in [6, 6.07) is 2.94. The number of rotatable bonds is 6. The summed E-state index contributed by atoms with van der Waals surface area (Å²) in [4.78, 5) is 23.8. The summed E-state index contributed by atoms with van der Waals surface area (Å²) in [6.07, 6.45) is 8.12. The van der Waals surface area contributed by atoms with E-state index in [9.17, 15) is 9.59 Å². The molecule has 5 heteroatoms. The number of nitrogens with zero attached hydrogens (tertiary/aromatic N) is 2. The Morgan fingerprint density at radius 2 is 2.10 bits per heavy atom. The minimum atomic E-state index is -0.175. The molecular weight excluding hydrogens is 266 g/mol. The van der Waals surface area contributed by atoms with Crippen molar-refractivity contribution in [2.75, 3.05) is 6.54 Å². The third kappa shape index (κ3) is 4.69. The lowest BCUT2D eigenvalue weighted by Crippen LogP contribution is -2.33. The van der Waals surface area contributed by atoms with Gasteiger partial charge in [-0.15, -0.1) is 0 Å². The highest BCUT2D eigenvalue weighted by Crippen LogP contribution is 2.22. The molecule has 0 aliphatic heterocycles. The topological polar surface area (TPSA) is 64.0 Å². The Morgan fingerprint density at radius 3 is 2.81 bits per heavy atom. The first kappa shape index (κ1) is 15.7. The molecule has 5 nitrogen and oxygen atoms in total. The molecule has 1 aromatic rings. The fraction of sp³-hybridized carbons (Fsp3) is 0.688. The average Bonchev–Trinajstić information content (AvgIpc) is 2.53. The number of hydrogen-bond acceptors (Lipinski definition) is 3. The van der Waals surface area contributed by atoms with Crippen molar-refractivity contribution in [1.29, 1.82) is 0 Å². The highest BCUT2D eigenvalue weighted by molar-refractivity contribution is 5.91. The summed E-state index contributed by atoms with van der Waals surface area (Å²) in [5.41, 5.74) is 0.189. The van der Waals surface area contributed by atoms with E-state index in [0.717, 1.165) is 12.8 Å². The van der Waals surface area contributed by atoms with Crippen LogP contribution in [0, 0.1) is 5.92 Å². The molecular formula is C16H25N3O2. The van der Waals surface area contributed by atoms with E-state index >= 15 is 0 Å². The van der Waals surface area contributed by atoms with Gasteiger partial charge >= 0.3 is 0 Å². The Balaban J connectivity index is 1.93. The van der Waals surface area contributed by atoms with Gasteiger partial charge < -0.3 is 5.32 Å². The largest absolute Gasteiger partial charge is 0.350 e. The number of amides is 1. The Morgan fingerprint density at radius 1 is 1.33 bits per heavy atom. The van der Waals surface area contributed by atoms with Crippen molar-refractivity contribution in [3.63, 3.8) is 0 Å². The number of aryl methyl sites for hydroxylation is 1. The Hall–Kier alpha value is -1.65. The first-order chi connectivity index (χ1) is 10.2. The van der Waals surface area contributed by atoms with E-state index in [1.807, 2.05) is 0 Å². The van der Waals surface area contributed by atoms with Crippen molar-refractivity contribution in [3.8, 4) is 0 Å². The molecule has 0 unspecified atom stereocenters. The third-order valence-corrected chi connectivity index (χ3v) is 4.10. The van der Waals surface area contributed by atoms with E-state index in [4.69, 9.17) is 0 Å². The van der Waals surface area contributed by atoms with E-state index < -0.39 is 0 Å². The third-order valence-electron chi connectivity index (χ3n) is 4.10. The molecule has 0 radical (unpaired) electrons. The molecule has 0 aromatic carbocycles. The van der Waals surface area contributed by atoms with Crippen LogP contribution in [0.5, 0.6) is 0 Å². The van der Waals surface area contributed by atoms with Crippen LogP contribution < -0.4 is 10.9 Å². The molecule has 0 spiro atoms. The summed E-state index contributed by atoms with van der Waals surface area (Å²) in [5.74, 6) is 0.416. The van der Waals surface area contributed by atoms with Gasteiger partial charge in [0.1, 0.15) is 5.69 Å². The van der Waals surface area contributed by atoms with Gasteiger partial charge in [-0.1, -0.05) is 32.6 Å². The quantitative estimate of drug-likeness (QED) is 0.875. The van der Waals surface area contributed by atoms with Crippen LogP contribution in [0.2, 0.25) is 0 Å². The molecule has 21 heavy (non-hydrogen) atoms. The Kier molecular flexibility index (Phi) is 5.96. The van der Waals surface area contributed by atoms with Gasteiger partial charge in [0.15, 0.2) is 0 Å². The molecule has 1 aliphatic rings. The van der Waals surface area contributed by atoms with E-state index in [0.29, 0.717) is 24.7 Å². The maximum Gasteiger partial charge on any atom is 0.271 e. The summed E-state index contributed by atoms with van der Waals surface area (Å²) in [6.45, 7) is 3.35. The highest BCUT2D eigenvalue weighted by atomic mass is 16.2. The molecule has 1 amide bonds. The monoisotopic (exact) mass is 291 g/mol. The highest BCUT2D eigenvalue weighted by Gasteiger charge is 2.15. The number of carbonyl (C=O) groups excluding carboxylic acids is 1. The van der Waals surface area contributed by atoms with Crippen LogP contribution in [0.3, 0.4) is 0 Å². The van der Waals surface area contributed by atoms with Crippen LogP contribution in [0.1, 0.15) is 62.4 Å². The molecule has 0 bridgehead atoms. The zero-order valence-corrected chi connectivity index (χ0v) is 12.8. The van der Waals surface area contributed by atoms with Gasteiger partial charge in [0.2, 0.25) is 0 Å². The number of carbonyl (C=O) groups is 1. The molecule has 2 rings (SSSR count). The van der Waals surface area contributed by atoms with Gasteiger partial charge in [-0.3, -0.25) is 9.59 Å². The molecule has 1 N–H and O–H groups in total. The van der Waals surface area contributed by atoms with Crippen LogP contribution in [0.25, 0.3) is 0 Å². The molecule has 0 atom stereocenters. The summed E-state index contributed by atoms with van der Waals surface area (Å²) in [5, 5.41) is 7.12. The number of unbranched alkanes of at least 4 members (excludes halogenated alkanes) is 1. The fourth-order valence-corrected chi connectivity index (χ4v) is 2.76. The molecule has 1 aromatic heterocycles. The van der Waals surface area contributed by atoms with Gasteiger partial charge in [-0.25, -0.2) is 4.68 Å². The van der Waals surface area contributed by atoms with Crippen molar-refractivity contribution in [3.05, 3.63) is 28.2 Å². The molecule has 1 fully saturated rings. The average molecular weight is 291 g/mol. The van der Waals surface area contributed by atoms with Crippen LogP contribution >= 0.6 is 0 Å². The molecule has 1 heterocycles. The van der Waals surface area contributed by atoms with Crippen LogP contribution in [-0.4, -0.2) is 22.2 Å². The van der Waals surface area contributed by atoms with Crippen molar-refractivity contribution < 1.29 is 4.79 Å². The first-order valence-electron chi connectivity index (χ1n) is 8.07. The van der Waals surface area contributed by atoms with Gasteiger partial charge in [0, 0.05) is 19.2 Å². The predicted molar refractivity (Wildman–Crippen MR) is 82.3 cm³/mol.